The molecule has 0 saturated heterocycles. The van der Waals surface area contributed by atoms with E-state index in [1.165, 1.54) is 29.7 Å². The fourth-order valence-corrected chi connectivity index (χ4v) is 4.74. The number of nitrogens with one attached hydrogen (secondary N) is 1. The molecule has 1 aliphatic carbocycles. The average Bonchev–Trinajstić information content (AvgIpc) is 2.83. The molecule has 106 valence electrons. The van der Waals surface area contributed by atoms with Crippen LogP contribution in [-0.4, -0.2) is 6.04 Å². The highest BCUT2D eigenvalue weighted by Gasteiger charge is 2.45. The second-order valence-corrected chi connectivity index (χ2v) is 7.44. The Morgan fingerprint density at radius 2 is 2.05 bits per heavy atom. The van der Waals surface area contributed by atoms with Crippen molar-refractivity contribution in [2.24, 2.45) is 5.84 Å². The van der Waals surface area contributed by atoms with Crippen molar-refractivity contribution < 1.29 is 0 Å². The lowest BCUT2D eigenvalue weighted by Crippen LogP contribution is -2.56. The van der Waals surface area contributed by atoms with Crippen LogP contribution in [0.4, 0.5) is 0 Å². The second-order valence-electron chi connectivity index (χ2n) is 5.53. The van der Waals surface area contributed by atoms with Gasteiger partial charge in [0.15, 0.2) is 0 Å². The van der Waals surface area contributed by atoms with Crippen molar-refractivity contribution in [3.8, 4) is 0 Å². The summed E-state index contributed by atoms with van der Waals surface area (Å²) >= 11 is 5.33. The fraction of sp³-hybridized carbons (Fsp3) is 0.375. The monoisotopic (exact) mass is 350 g/mol. The maximum Gasteiger partial charge on any atom is 0.0355 e. The number of nitrogens with two attached hydrogens (primary N) is 1. The summed E-state index contributed by atoms with van der Waals surface area (Å²) in [5, 5.41) is 2.14. The molecule has 0 aliphatic heterocycles. The first-order valence-electron chi connectivity index (χ1n) is 6.99. The number of hydrogen-bond acceptors (Lipinski definition) is 3. The van der Waals surface area contributed by atoms with E-state index >= 15 is 0 Å². The lowest BCUT2D eigenvalue weighted by molar-refractivity contribution is 0.169. The van der Waals surface area contributed by atoms with Crippen LogP contribution in [0.15, 0.2) is 46.3 Å². The van der Waals surface area contributed by atoms with Crippen LogP contribution in [0.1, 0.15) is 29.7 Å². The van der Waals surface area contributed by atoms with Gasteiger partial charge in [0.1, 0.15) is 0 Å². The number of benzene rings is 1. The van der Waals surface area contributed by atoms with Crippen LogP contribution in [-0.2, 0) is 11.8 Å². The summed E-state index contributed by atoms with van der Waals surface area (Å²) in [6.45, 7) is 0. The van der Waals surface area contributed by atoms with E-state index in [1.807, 2.05) is 0 Å². The predicted molar refractivity (Wildman–Crippen MR) is 88.8 cm³/mol. The number of halogens is 1. The van der Waals surface area contributed by atoms with Crippen LogP contribution in [0.5, 0.6) is 0 Å². The maximum absolute atomic E-state index is 5.90. The molecule has 1 aromatic carbocycles. The largest absolute Gasteiger partial charge is 0.271 e. The van der Waals surface area contributed by atoms with Crippen molar-refractivity contribution in [3.05, 3.63) is 56.7 Å². The molecule has 1 saturated carbocycles. The van der Waals surface area contributed by atoms with Crippen molar-refractivity contribution in [1.29, 1.82) is 0 Å². The molecule has 2 aromatic rings. The Kier molecular flexibility index (Phi) is 4.26. The van der Waals surface area contributed by atoms with Crippen LogP contribution in [0.25, 0.3) is 0 Å². The third-order valence-electron chi connectivity index (χ3n) is 4.49. The van der Waals surface area contributed by atoms with Gasteiger partial charge in [-0.15, -0.1) is 11.3 Å². The lowest BCUT2D eigenvalue weighted by atomic mass is 9.59. The van der Waals surface area contributed by atoms with E-state index in [-0.39, 0.29) is 5.41 Å². The Balaban J connectivity index is 1.86. The van der Waals surface area contributed by atoms with Crippen LogP contribution >= 0.6 is 27.3 Å². The molecular formula is C16H19BrN2S. The summed E-state index contributed by atoms with van der Waals surface area (Å²) in [5.41, 5.74) is 4.71. The quantitative estimate of drug-likeness (QED) is 0.631. The van der Waals surface area contributed by atoms with Gasteiger partial charge < -0.3 is 0 Å². The molecule has 4 heteroatoms. The predicted octanol–water partition coefficient (Wildman–Crippen LogP) is 4.01. The van der Waals surface area contributed by atoms with E-state index in [0.717, 1.165) is 10.9 Å². The van der Waals surface area contributed by atoms with Gasteiger partial charge >= 0.3 is 0 Å². The van der Waals surface area contributed by atoms with Gasteiger partial charge in [-0.05, 0) is 46.8 Å². The van der Waals surface area contributed by atoms with Crippen LogP contribution in [0, 0.1) is 0 Å². The highest BCUT2D eigenvalue weighted by Crippen LogP contribution is 2.47. The minimum atomic E-state index is 0.201. The second kappa shape index (κ2) is 5.98. The average molecular weight is 351 g/mol. The van der Waals surface area contributed by atoms with E-state index in [4.69, 9.17) is 5.84 Å². The van der Waals surface area contributed by atoms with E-state index in [9.17, 15) is 0 Å². The zero-order valence-corrected chi connectivity index (χ0v) is 13.7. The fourth-order valence-electron chi connectivity index (χ4n) is 3.24. The van der Waals surface area contributed by atoms with Crippen molar-refractivity contribution in [3.63, 3.8) is 0 Å². The van der Waals surface area contributed by atoms with Gasteiger partial charge in [-0.2, -0.15) is 0 Å². The summed E-state index contributed by atoms with van der Waals surface area (Å²) in [5.74, 6) is 5.90. The first-order chi connectivity index (χ1) is 9.74. The normalized spacial score (nSPS) is 18.5. The van der Waals surface area contributed by atoms with Crippen LogP contribution in [0.2, 0.25) is 0 Å². The Morgan fingerprint density at radius 3 is 2.55 bits per heavy atom. The number of hydrazine groups is 1. The van der Waals surface area contributed by atoms with Crippen molar-refractivity contribution in [2.45, 2.75) is 37.1 Å². The first-order valence-corrected chi connectivity index (χ1v) is 8.66. The first kappa shape index (κ1) is 14.3. The third kappa shape index (κ3) is 2.58. The van der Waals surface area contributed by atoms with Crippen LogP contribution < -0.4 is 11.3 Å². The molecule has 3 N–H and O–H groups in total. The summed E-state index contributed by atoms with van der Waals surface area (Å²) in [6.07, 6.45) is 4.72. The molecule has 20 heavy (non-hydrogen) atoms. The topological polar surface area (TPSA) is 38.0 Å². The Hall–Kier alpha value is -0.680. The molecule has 1 atom stereocenters. The number of rotatable bonds is 5. The number of thiophene rings is 1. The van der Waals surface area contributed by atoms with Gasteiger partial charge in [-0.25, -0.2) is 0 Å². The van der Waals surface area contributed by atoms with E-state index in [1.54, 1.807) is 11.3 Å². The van der Waals surface area contributed by atoms with Crippen molar-refractivity contribution in [2.75, 3.05) is 0 Å². The van der Waals surface area contributed by atoms with Crippen molar-refractivity contribution in [1.82, 2.24) is 5.43 Å². The minimum absolute atomic E-state index is 0.201. The molecule has 0 radical (unpaired) electrons. The number of hydrogen-bond donors (Lipinski definition) is 2. The lowest BCUT2D eigenvalue weighted by Gasteiger charge is -2.48. The highest BCUT2D eigenvalue weighted by molar-refractivity contribution is 9.10. The molecule has 1 fully saturated rings. The molecule has 1 aliphatic rings. The van der Waals surface area contributed by atoms with Gasteiger partial charge in [0, 0.05) is 26.2 Å². The minimum Gasteiger partial charge on any atom is -0.271 e. The molecule has 1 heterocycles. The summed E-state index contributed by atoms with van der Waals surface area (Å²) in [4.78, 5) is 1.38. The Morgan fingerprint density at radius 1 is 1.30 bits per heavy atom. The highest BCUT2D eigenvalue weighted by atomic mass is 79.9. The molecule has 3 rings (SSSR count). The van der Waals surface area contributed by atoms with E-state index in [2.05, 4.69) is 63.1 Å². The molecule has 0 spiro atoms. The molecule has 1 unspecified atom stereocenters. The maximum atomic E-state index is 5.90. The Labute approximate surface area is 132 Å². The van der Waals surface area contributed by atoms with Gasteiger partial charge in [0.25, 0.3) is 0 Å². The summed E-state index contributed by atoms with van der Waals surface area (Å²) in [6, 6.07) is 13.3. The van der Waals surface area contributed by atoms with Crippen LogP contribution in [0.3, 0.4) is 0 Å². The van der Waals surface area contributed by atoms with Gasteiger partial charge in [0.05, 0.1) is 0 Å². The zero-order valence-electron chi connectivity index (χ0n) is 11.3. The van der Waals surface area contributed by atoms with Gasteiger partial charge in [0.2, 0.25) is 0 Å². The molecule has 2 nitrogen and oxygen atoms in total. The standard InChI is InChI=1S/C16H19BrN2S/c17-13-9-14(20-11-13)10-15(19-18)16(7-4-8-16)12-5-2-1-3-6-12/h1-3,5-6,9,11,15,19H,4,7-8,10,18H2. The van der Waals surface area contributed by atoms with Gasteiger partial charge in [-0.1, -0.05) is 36.8 Å². The molecule has 0 amide bonds. The Bertz CT molecular complexity index is 563. The summed E-state index contributed by atoms with van der Waals surface area (Å²) in [7, 11) is 0. The summed E-state index contributed by atoms with van der Waals surface area (Å²) < 4.78 is 1.16. The zero-order chi connectivity index (χ0) is 14.0. The van der Waals surface area contributed by atoms with Gasteiger partial charge in [-0.3, -0.25) is 11.3 Å². The smallest absolute Gasteiger partial charge is 0.0355 e. The molecule has 0 bridgehead atoms. The molecular weight excluding hydrogens is 332 g/mol. The third-order valence-corrected chi connectivity index (χ3v) is 6.21. The van der Waals surface area contributed by atoms with E-state index < -0.39 is 0 Å². The van der Waals surface area contributed by atoms with E-state index in [0.29, 0.717) is 6.04 Å². The van der Waals surface area contributed by atoms with Crippen molar-refractivity contribution >= 4 is 27.3 Å². The SMILES string of the molecule is NNC(Cc1cc(Br)cs1)C1(c2ccccc2)CCC1. The molecule has 1 aromatic heterocycles.